The fourth-order valence-corrected chi connectivity index (χ4v) is 3.30. The molecule has 6 N–H and O–H groups in total. The van der Waals surface area contributed by atoms with Crippen molar-refractivity contribution in [2.24, 2.45) is 11.5 Å². The van der Waals surface area contributed by atoms with E-state index in [0.29, 0.717) is 0 Å². The van der Waals surface area contributed by atoms with E-state index < -0.39 is 11.9 Å². The number of rotatable bonds is 21. The predicted molar refractivity (Wildman–Crippen MR) is 125 cm³/mol. The SMILES string of the molecule is CCCCCCCCCCCC(N)N.O=C(O)CCCCCCCCCCC(=O)O. The van der Waals surface area contributed by atoms with Crippen molar-refractivity contribution < 1.29 is 19.8 Å². The molecule has 0 heterocycles. The van der Waals surface area contributed by atoms with Crippen LogP contribution in [0.4, 0.5) is 0 Å². The molecule has 0 radical (unpaired) electrons. The Balaban J connectivity index is 0. The molecule has 0 aromatic heterocycles. The summed E-state index contributed by atoms with van der Waals surface area (Å²) in [5.41, 5.74) is 10.9. The average molecular weight is 431 g/mol. The molecule has 0 amide bonds. The van der Waals surface area contributed by atoms with Crippen LogP contribution in [0.5, 0.6) is 0 Å². The number of carboxylic acids is 2. The van der Waals surface area contributed by atoms with Gasteiger partial charge < -0.3 is 21.7 Å². The van der Waals surface area contributed by atoms with Gasteiger partial charge in [-0.15, -0.1) is 0 Å². The number of nitrogens with two attached hydrogens (primary N) is 2. The highest BCUT2D eigenvalue weighted by molar-refractivity contribution is 5.66. The number of unbranched alkanes of at least 4 members (excludes halogenated alkanes) is 15. The second-order valence-electron chi connectivity index (χ2n) is 8.40. The Hall–Kier alpha value is -1.14. The first-order valence-corrected chi connectivity index (χ1v) is 12.3. The number of carbonyl (C=O) groups is 2. The Labute approximate surface area is 185 Å². The molecule has 0 unspecified atom stereocenters. The summed E-state index contributed by atoms with van der Waals surface area (Å²) in [7, 11) is 0. The molecular formula is C24H50N2O4. The Morgan fingerprint density at radius 2 is 0.867 bits per heavy atom. The van der Waals surface area contributed by atoms with E-state index in [9.17, 15) is 9.59 Å². The van der Waals surface area contributed by atoms with Gasteiger partial charge in [0, 0.05) is 12.8 Å². The second kappa shape index (κ2) is 25.9. The van der Waals surface area contributed by atoms with Gasteiger partial charge in [0.15, 0.2) is 0 Å². The van der Waals surface area contributed by atoms with Crippen LogP contribution in [0.2, 0.25) is 0 Å². The summed E-state index contributed by atoms with van der Waals surface area (Å²) < 4.78 is 0. The molecule has 30 heavy (non-hydrogen) atoms. The fraction of sp³-hybridized carbons (Fsp3) is 0.917. The quantitative estimate of drug-likeness (QED) is 0.127. The molecule has 0 fully saturated rings. The first-order chi connectivity index (χ1) is 14.4. The lowest BCUT2D eigenvalue weighted by molar-refractivity contribution is -0.138. The summed E-state index contributed by atoms with van der Waals surface area (Å²) in [6, 6.07) is 0. The van der Waals surface area contributed by atoms with E-state index in [2.05, 4.69) is 6.92 Å². The van der Waals surface area contributed by atoms with Gasteiger partial charge in [-0.3, -0.25) is 9.59 Å². The maximum absolute atomic E-state index is 10.2. The summed E-state index contributed by atoms with van der Waals surface area (Å²) in [5.74, 6) is -1.43. The summed E-state index contributed by atoms with van der Waals surface area (Å²) in [6.45, 7) is 2.26. The minimum absolute atomic E-state index is 0.0976. The summed E-state index contributed by atoms with van der Waals surface area (Å²) in [4.78, 5) is 20.4. The molecule has 0 aromatic carbocycles. The van der Waals surface area contributed by atoms with E-state index in [0.717, 1.165) is 57.8 Å². The third-order valence-electron chi connectivity index (χ3n) is 5.17. The summed E-state index contributed by atoms with van der Waals surface area (Å²) in [5, 5.41) is 16.8. The van der Waals surface area contributed by atoms with Crippen molar-refractivity contribution in [2.45, 2.75) is 142 Å². The van der Waals surface area contributed by atoms with Gasteiger partial charge in [-0.1, -0.05) is 103 Å². The Morgan fingerprint density at radius 1 is 0.567 bits per heavy atom. The Morgan fingerprint density at radius 3 is 1.17 bits per heavy atom. The standard InChI is InChI=1S/C12H28N2.C12H22O4/c1-2-3-4-5-6-7-8-9-10-11-12(13)14;13-11(14)9-7-5-3-1-2-4-6-8-10-12(15)16/h12H,2-11,13-14H2,1H3;1-10H2,(H,13,14)(H,15,16). The Kier molecular flexibility index (Phi) is 26.8. The van der Waals surface area contributed by atoms with Crippen LogP contribution in [0.1, 0.15) is 135 Å². The van der Waals surface area contributed by atoms with E-state index >= 15 is 0 Å². The smallest absolute Gasteiger partial charge is 0.303 e. The van der Waals surface area contributed by atoms with E-state index in [4.69, 9.17) is 21.7 Å². The number of aliphatic carboxylic acids is 2. The lowest BCUT2D eigenvalue weighted by atomic mass is 10.1. The third kappa shape index (κ3) is 34.4. The highest BCUT2D eigenvalue weighted by atomic mass is 16.4. The maximum Gasteiger partial charge on any atom is 0.303 e. The van der Waals surface area contributed by atoms with Crippen molar-refractivity contribution in [1.82, 2.24) is 0 Å². The van der Waals surface area contributed by atoms with E-state index in [-0.39, 0.29) is 19.0 Å². The van der Waals surface area contributed by atoms with Crippen LogP contribution < -0.4 is 11.5 Å². The molecule has 0 aliphatic carbocycles. The minimum Gasteiger partial charge on any atom is -0.481 e. The molecule has 6 heteroatoms. The highest BCUT2D eigenvalue weighted by Gasteiger charge is 1.98. The second-order valence-corrected chi connectivity index (χ2v) is 8.40. The van der Waals surface area contributed by atoms with Gasteiger partial charge in [-0.25, -0.2) is 0 Å². The van der Waals surface area contributed by atoms with Crippen molar-refractivity contribution in [3.8, 4) is 0 Å². The van der Waals surface area contributed by atoms with Crippen LogP contribution in [-0.4, -0.2) is 28.3 Å². The highest BCUT2D eigenvalue weighted by Crippen LogP contribution is 2.11. The van der Waals surface area contributed by atoms with E-state index in [1.807, 2.05) is 0 Å². The van der Waals surface area contributed by atoms with Gasteiger partial charge in [0.1, 0.15) is 0 Å². The van der Waals surface area contributed by atoms with Gasteiger partial charge in [0.05, 0.1) is 6.17 Å². The van der Waals surface area contributed by atoms with E-state index in [1.54, 1.807) is 0 Å². The van der Waals surface area contributed by atoms with Crippen molar-refractivity contribution in [2.75, 3.05) is 0 Å². The molecule has 0 atom stereocenters. The van der Waals surface area contributed by atoms with Gasteiger partial charge >= 0.3 is 11.9 Å². The number of hydrogen-bond donors (Lipinski definition) is 4. The van der Waals surface area contributed by atoms with Gasteiger partial charge in [-0.2, -0.15) is 0 Å². The topological polar surface area (TPSA) is 127 Å². The van der Waals surface area contributed by atoms with Gasteiger partial charge in [0.2, 0.25) is 0 Å². The average Bonchev–Trinajstić information content (AvgIpc) is 2.68. The number of carboxylic acid groups (broad SMARTS) is 2. The lowest BCUT2D eigenvalue weighted by Crippen LogP contribution is -2.29. The molecule has 0 aliphatic rings. The molecule has 6 nitrogen and oxygen atoms in total. The normalized spacial score (nSPS) is 10.7. The van der Waals surface area contributed by atoms with Crippen LogP contribution in [0.3, 0.4) is 0 Å². The van der Waals surface area contributed by atoms with Crippen molar-refractivity contribution in [1.29, 1.82) is 0 Å². The summed E-state index contributed by atoms with van der Waals surface area (Å²) >= 11 is 0. The molecule has 0 saturated carbocycles. The van der Waals surface area contributed by atoms with Crippen LogP contribution in [0.25, 0.3) is 0 Å². The monoisotopic (exact) mass is 430 g/mol. The molecule has 0 rings (SSSR count). The molecule has 0 bridgehead atoms. The fourth-order valence-electron chi connectivity index (χ4n) is 3.30. The first-order valence-electron chi connectivity index (χ1n) is 12.3. The zero-order chi connectivity index (χ0) is 22.9. The maximum atomic E-state index is 10.2. The van der Waals surface area contributed by atoms with Crippen LogP contribution in [-0.2, 0) is 9.59 Å². The molecule has 0 spiro atoms. The molecule has 0 aromatic rings. The molecule has 0 saturated heterocycles. The largest absolute Gasteiger partial charge is 0.481 e. The zero-order valence-corrected chi connectivity index (χ0v) is 19.6. The van der Waals surface area contributed by atoms with Crippen LogP contribution in [0.15, 0.2) is 0 Å². The summed E-state index contributed by atoms with van der Waals surface area (Å²) in [6.07, 6.45) is 21.7. The van der Waals surface area contributed by atoms with E-state index in [1.165, 1.54) is 57.8 Å². The van der Waals surface area contributed by atoms with Gasteiger partial charge in [0.25, 0.3) is 0 Å². The Bertz CT molecular complexity index is 354. The van der Waals surface area contributed by atoms with Crippen molar-refractivity contribution in [3.63, 3.8) is 0 Å². The number of hydrogen-bond acceptors (Lipinski definition) is 4. The zero-order valence-electron chi connectivity index (χ0n) is 19.6. The predicted octanol–water partition coefficient (Wildman–Crippen LogP) is 6.21. The molecule has 180 valence electrons. The lowest BCUT2D eigenvalue weighted by Gasteiger charge is -2.04. The minimum atomic E-state index is -0.714. The molecule has 0 aliphatic heterocycles. The van der Waals surface area contributed by atoms with Gasteiger partial charge in [-0.05, 0) is 19.3 Å². The van der Waals surface area contributed by atoms with Crippen molar-refractivity contribution in [3.05, 3.63) is 0 Å². The third-order valence-corrected chi connectivity index (χ3v) is 5.17. The van der Waals surface area contributed by atoms with Crippen LogP contribution in [0, 0.1) is 0 Å². The van der Waals surface area contributed by atoms with Crippen molar-refractivity contribution >= 4 is 11.9 Å². The molecular weight excluding hydrogens is 380 g/mol. The van der Waals surface area contributed by atoms with Crippen LogP contribution >= 0.6 is 0 Å². The first kappa shape index (κ1) is 31.0.